The van der Waals surface area contributed by atoms with E-state index in [4.69, 9.17) is 23.2 Å². The first-order chi connectivity index (χ1) is 13.9. The SMILES string of the molecule is CNCC(C)(O)C(SCc1ccc(Cl)cc1Cl)c1ccc(-c2ccccc2)cc1. The molecule has 0 fully saturated rings. The van der Waals surface area contributed by atoms with Gasteiger partial charge >= 0.3 is 0 Å². The molecule has 0 saturated heterocycles. The molecular weight excluding hydrogens is 421 g/mol. The summed E-state index contributed by atoms with van der Waals surface area (Å²) in [5, 5.41) is 15.4. The van der Waals surface area contributed by atoms with Crippen molar-refractivity contribution in [3.63, 3.8) is 0 Å². The van der Waals surface area contributed by atoms with Gasteiger partial charge in [0.05, 0.1) is 10.9 Å². The monoisotopic (exact) mass is 445 g/mol. The van der Waals surface area contributed by atoms with Crippen LogP contribution in [0.5, 0.6) is 0 Å². The molecule has 0 aliphatic carbocycles. The highest BCUT2D eigenvalue weighted by Crippen LogP contribution is 2.41. The van der Waals surface area contributed by atoms with Gasteiger partial charge in [-0.2, -0.15) is 0 Å². The maximum Gasteiger partial charge on any atom is 0.0902 e. The van der Waals surface area contributed by atoms with Crippen LogP contribution in [0.1, 0.15) is 23.3 Å². The van der Waals surface area contributed by atoms with Crippen LogP contribution in [0.15, 0.2) is 72.8 Å². The molecule has 0 bridgehead atoms. The van der Waals surface area contributed by atoms with E-state index in [1.165, 1.54) is 5.56 Å². The van der Waals surface area contributed by atoms with Crippen molar-refractivity contribution in [3.05, 3.63) is 94.0 Å². The Bertz CT molecular complexity index is 929. The summed E-state index contributed by atoms with van der Waals surface area (Å²) in [6.07, 6.45) is 0. The van der Waals surface area contributed by atoms with Crippen LogP contribution in [-0.4, -0.2) is 24.3 Å². The molecule has 0 aromatic heterocycles. The number of hydrogen-bond acceptors (Lipinski definition) is 3. The third kappa shape index (κ3) is 5.78. The first-order valence-corrected chi connectivity index (χ1v) is 11.3. The van der Waals surface area contributed by atoms with Crippen molar-refractivity contribution in [2.24, 2.45) is 0 Å². The van der Waals surface area contributed by atoms with Gasteiger partial charge in [0.2, 0.25) is 0 Å². The van der Waals surface area contributed by atoms with E-state index in [1.807, 2.05) is 44.3 Å². The van der Waals surface area contributed by atoms with E-state index in [-0.39, 0.29) is 5.25 Å². The summed E-state index contributed by atoms with van der Waals surface area (Å²) < 4.78 is 0. The van der Waals surface area contributed by atoms with Gasteiger partial charge in [-0.05, 0) is 48.4 Å². The van der Waals surface area contributed by atoms with Gasteiger partial charge in [0, 0.05) is 22.3 Å². The Morgan fingerprint density at radius 2 is 1.62 bits per heavy atom. The van der Waals surface area contributed by atoms with E-state index in [9.17, 15) is 5.11 Å². The highest BCUT2D eigenvalue weighted by Gasteiger charge is 2.33. The van der Waals surface area contributed by atoms with Crippen molar-refractivity contribution in [2.75, 3.05) is 13.6 Å². The average molecular weight is 446 g/mol. The van der Waals surface area contributed by atoms with Crippen LogP contribution in [0, 0.1) is 0 Å². The van der Waals surface area contributed by atoms with Gasteiger partial charge in [0.1, 0.15) is 0 Å². The quantitative estimate of drug-likeness (QED) is 0.409. The number of halogens is 2. The summed E-state index contributed by atoms with van der Waals surface area (Å²) in [5.74, 6) is 0.682. The molecule has 0 amide bonds. The number of benzene rings is 3. The second-order valence-electron chi connectivity index (χ2n) is 7.30. The van der Waals surface area contributed by atoms with Gasteiger partial charge in [-0.25, -0.2) is 0 Å². The Kier molecular flexibility index (Phi) is 7.66. The van der Waals surface area contributed by atoms with Crippen LogP contribution >= 0.6 is 35.0 Å². The number of likely N-dealkylation sites (N-methyl/N-ethyl adjacent to an activating group) is 1. The topological polar surface area (TPSA) is 32.3 Å². The van der Waals surface area contributed by atoms with Gasteiger partial charge in [-0.1, -0.05) is 83.9 Å². The largest absolute Gasteiger partial charge is 0.387 e. The fourth-order valence-corrected chi connectivity index (χ4v) is 5.32. The molecular formula is C24H25Cl2NOS. The van der Waals surface area contributed by atoms with E-state index in [2.05, 4.69) is 41.7 Å². The molecule has 2 atom stereocenters. The molecule has 0 saturated carbocycles. The number of aliphatic hydroxyl groups is 1. The van der Waals surface area contributed by atoms with E-state index in [0.717, 1.165) is 16.7 Å². The Morgan fingerprint density at radius 1 is 0.966 bits per heavy atom. The summed E-state index contributed by atoms with van der Waals surface area (Å²) in [5.41, 5.74) is 3.50. The molecule has 0 heterocycles. The van der Waals surface area contributed by atoms with Crippen molar-refractivity contribution in [3.8, 4) is 11.1 Å². The lowest BCUT2D eigenvalue weighted by Crippen LogP contribution is -2.40. The number of thioether (sulfide) groups is 1. The summed E-state index contributed by atoms with van der Waals surface area (Å²) in [7, 11) is 1.85. The minimum absolute atomic E-state index is 0.119. The van der Waals surface area contributed by atoms with Gasteiger partial charge in [0.15, 0.2) is 0 Å². The van der Waals surface area contributed by atoms with E-state index in [1.54, 1.807) is 17.8 Å². The molecule has 2 nitrogen and oxygen atoms in total. The second-order valence-corrected chi connectivity index (χ2v) is 9.24. The molecule has 0 aliphatic heterocycles. The zero-order chi connectivity index (χ0) is 20.9. The lowest BCUT2D eigenvalue weighted by atomic mass is 9.94. The Labute approximate surface area is 187 Å². The third-order valence-corrected chi connectivity index (χ3v) is 7.02. The molecule has 2 unspecified atom stereocenters. The summed E-state index contributed by atoms with van der Waals surface area (Å²) in [6, 6.07) is 24.3. The minimum atomic E-state index is -0.924. The fourth-order valence-electron chi connectivity index (χ4n) is 3.38. The van der Waals surface area contributed by atoms with Crippen LogP contribution in [0.25, 0.3) is 11.1 Å². The smallest absolute Gasteiger partial charge is 0.0902 e. The van der Waals surface area contributed by atoms with Gasteiger partial charge in [-0.15, -0.1) is 11.8 Å². The van der Waals surface area contributed by atoms with Crippen LogP contribution in [-0.2, 0) is 5.75 Å². The standard InChI is InChI=1S/C24H25Cl2NOS/c1-24(28,16-27-2)23(29-15-20-12-13-21(25)14-22(20)26)19-10-8-18(9-11-19)17-6-4-3-5-7-17/h3-14,23,27-28H,15-16H2,1-2H3. The van der Waals surface area contributed by atoms with E-state index >= 15 is 0 Å². The zero-order valence-electron chi connectivity index (χ0n) is 16.5. The average Bonchev–Trinajstić information content (AvgIpc) is 2.70. The molecule has 3 aromatic carbocycles. The maximum absolute atomic E-state index is 11.2. The Balaban J connectivity index is 1.85. The van der Waals surface area contributed by atoms with Crippen molar-refractivity contribution in [1.82, 2.24) is 5.32 Å². The van der Waals surface area contributed by atoms with Crippen molar-refractivity contribution in [2.45, 2.75) is 23.5 Å². The van der Waals surface area contributed by atoms with Crippen LogP contribution in [0.4, 0.5) is 0 Å². The predicted octanol–water partition coefficient (Wildman–Crippen LogP) is 6.61. The lowest BCUT2D eigenvalue weighted by Gasteiger charge is -2.33. The zero-order valence-corrected chi connectivity index (χ0v) is 18.9. The molecule has 29 heavy (non-hydrogen) atoms. The normalized spacial score (nSPS) is 14.4. The summed E-state index contributed by atoms with van der Waals surface area (Å²) in [4.78, 5) is 0. The minimum Gasteiger partial charge on any atom is -0.387 e. The highest BCUT2D eigenvalue weighted by atomic mass is 35.5. The van der Waals surface area contributed by atoms with E-state index < -0.39 is 5.60 Å². The molecule has 3 aromatic rings. The molecule has 0 spiro atoms. The summed E-state index contributed by atoms with van der Waals surface area (Å²) in [6.45, 7) is 2.36. The predicted molar refractivity (Wildman–Crippen MR) is 127 cm³/mol. The molecule has 5 heteroatoms. The van der Waals surface area contributed by atoms with E-state index in [0.29, 0.717) is 22.3 Å². The fraction of sp³-hybridized carbons (Fsp3) is 0.250. The number of hydrogen-bond donors (Lipinski definition) is 2. The van der Waals surface area contributed by atoms with Gasteiger partial charge in [0.25, 0.3) is 0 Å². The maximum atomic E-state index is 11.2. The number of nitrogens with one attached hydrogen (secondary N) is 1. The Morgan fingerprint density at radius 3 is 2.24 bits per heavy atom. The van der Waals surface area contributed by atoms with Crippen LogP contribution < -0.4 is 5.32 Å². The van der Waals surface area contributed by atoms with Gasteiger partial charge < -0.3 is 10.4 Å². The van der Waals surface area contributed by atoms with Crippen molar-refractivity contribution >= 4 is 35.0 Å². The first kappa shape index (κ1) is 22.2. The highest BCUT2D eigenvalue weighted by molar-refractivity contribution is 7.98. The molecule has 152 valence electrons. The van der Waals surface area contributed by atoms with Crippen molar-refractivity contribution < 1.29 is 5.11 Å². The second kappa shape index (κ2) is 10.0. The van der Waals surface area contributed by atoms with Crippen molar-refractivity contribution in [1.29, 1.82) is 0 Å². The molecule has 3 rings (SSSR count). The first-order valence-electron chi connectivity index (χ1n) is 9.48. The molecule has 0 radical (unpaired) electrons. The Hall–Kier alpha value is -1.49. The third-order valence-electron chi connectivity index (χ3n) is 4.84. The van der Waals surface area contributed by atoms with Gasteiger partial charge in [-0.3, -0.25) is 0 Å². The lowest BCUT2D eigenvalue weighted by molar-refractivity contribution is 0.0590. The number of rotatable bonds is 8. The van der Waals surface area contributed by atoms with Crippen LogP contribution in [0.2, 0.25) is 10.0 Å². The molecule has 2 N–H and O–H groups in total. The molecule has 0 aliphatic rings. The summed E-state index contributed by atoms with van der Waals surface area (Å²) >= 11 is 14.0. The van der Waals surface area contributed by atoms with Crippen LogP contribution in [0.3, 0.4) is 0 Å².